The molecule has 0 atom stereocenters. The second-order valence-electron chi connectivity index (χ2n) is 4.53. The fourth-order valence-electron chi connectivity index (χ4n) is 1.48. The summed E-state index contributed by atoms with van der Waals surface area (Å²) < 4.78 is 10.6. The Kier molecular flexibility index (Phi) is 7.56. The topological polar surface area (TPSA) is 30.5 Å². The molecule has 19 heavy (non-hydrogen) atoms. The highest BCUT2D eigenvalue weighted by atomic mass is 35.5. The standard InChI is InChI=1S/C15H22ClNO2/c1-12(2)6-8-19-15-5-4-13(10-14(15)16)11-17-7-9-18-3/h4-6,10,17H,7-9,11H2,1-3H3. The summed E-state index contributed by atoms with van der Waals surface area (Å²) in [5.74, 6) is 0.722. The van der Waals surface area contributed by atoms with E-state index in [4.69, 9.17) is 21.1 Å². The second kappa shape index (κ2) is 8.97. The molecule has 0 fully saturated rings. The molecule has 0 aliphatic carbocycles. The van der Waals surface area contributed by atoms with Crippen LogP contribution >= 0.6 is 11.6 Å². The highest BCUT2D eigenvalue weighted by molar-refractivity contribution is 6.32. The highest BCUT2D eigenvalue weighted by Crippen LogP contribution is 2.25. The van der Waals surface area contributed by atoms with Crippen molar-refractivity contribution in [1.82, 2.24) is 5.32 Å². The minimum absolute atomic E-state index is 0.549. The number of allylic oxidation sites excluding steroid dienone is 1. The molecular formula is C15H22ClNO2. The SMILES string of the molecule is COCCNCc1ccc(OCC=C(C)C)c(Cl)c1. The first-order valence-corrected chi connectivity index (χ1v) is 6.75. The number of nitrogens with one attached hydrogen (secondary N) is 1. The third-order valence-corrected chi connectivity index (χ3v) is 2.83. The van der Waals surface area contributed by atoms with Crippen LogP contribution in [0.25, 0.3) is 0 Å². The smallest absolute Gasteiger partial charge is 0.138 e. The van der Waals surface area contributed by atoms with E-state index in [-0.39, 0.29) is 0 Å². The van der Waals surface area contributed by atoms with Gasteiger partial charge in [-0.15, -0.1) is 0 Å². The van der Waals surface area contributed by atoms with Crippen molar-refractivity contribution in [2.24, 2.45) is 0 Å². The Morgan fingerprint density at radius 3 is 2.79 bits per heavy atom. The summed E-state index contributed by atoms with van der Waals surface area (Å²) in [6, 6.07) is 5.86. The summed E-state index contributed by atoms with van der Waals surface area (Å²) in [6.07, 6.45) is 2.02. The van der Waals surface area contributed by atoms with Crippen molar-refractivity contribution in [3.05, 3.63) is 40.4 Å². The maximum atomic E-state index is 6.19. The maximum absolute atomic E-state index is 6.19. The summed E-state index contributed by atoms with van der Waals surface area (Å²) in [7, 11) is 1.69. The van der Waals surface area contributed by atoms with E-state index in [0.717, 1.165) is 24.4 Å². The molecule has 0 amide bonds. The lowest BCUT2D eigenvalue weighted by Gasteiger charge is -2.09. The van der Waals surface area contributed by atoms with Crippen molar-refractivity contribution < 1.29 is 9.47 Å². The first-order chi connectivity index (χ1) is 9.13. The van der Waals surface area contributed by atoms with Gasteiger partial charge in [0.1, 0.15) is 12.4 Å². The molecule has 1 aromatic rings. The van der Waals surface area contributed by atoms with Gasteiger partial charge in [0.15, 0.2) is 0 Å². The van der Waals surface area contributed by atoms with Gasteiger partial charge in [0, 0.05) is 20.2 Å². The second-order valence-corrected chi connectivity index (χ2v) is 4.93. The summed E-state index contributed by atoms with van der Waals surface area (Å²) in [5.41, 5.74) is 2.37. The lowest BCUT2D eigenvalue weighted by atomic mass is 10.2. The largest absolute Gasteiger partial charge is 0.488 e. The normalized spacial score (nSPS) is 10.3. The lowest BCUT2D eigenvalue weighted by molar-refractivity contribution is 0.199. The predicted molar refractivity (Wildman–Crippen MR) is 80.0 cm³/mol. The van der Waals surface area contributed by atoms with Gasteiger partial charge in [-0.2, -0.15) is 0 Å². The van der Waals surface area contributed by atoms with Gasteiger partial charge in [-0.05, 0) is 37.6 Å². The van der Waals surface area contributed by atoms with Gasteiger partial charge in [-0.3, -0.25) is 0 Å². The van der Waals surface area contributed by atoms with Gasteiger partial charge in [-0.1, -0.05) is 23.2 Å². The summed E-state index contributed by atoms with van der Waals surface area (Å²) in [5, 5.41) is 3.92. The number of hydrogen-bond donors (Lipinski definition) is 1. The zero-order chi connectivity index (χ0) is 14.1. The van der Waals surface area contributed by atoms with Crippen molar-refractivity contribution in [3.63, 3.8) is 0 Å². The van der Waals surface area contributed by atoms with E-state index < -0.39 is 0 Å². The average Bonchev–Trinajstić information content (AvgIpc) is 2.37. The minimum atomic E-state index is 0.549. The molecule has 0 bridgehead atoms. The van der Waals surface area contributed by atoms with E-state index in [1.807, 2.05) is 38.1 Å². The summed E-state index contributed by atoms with van der Waals surface area (Å²) in [6.45, 7) is 6.94. The molecule has 0 radical (unpaired) electrons. The number of hydrogen-bond acceptors (Lipinski definition) is 3. The van der Waals surface area contributed by atoms with Gasteiger partial charge in [-0.25, -0.2) is 0 Å². The van der Waals surface area contributed by atoms with Gasteiger partial charge in [0.05, 0.1) is 11.6 Å². The number of rotatable bonds is 8. The average molecular weight is 284 g/mol. The molecule has 0 heterocycles. The molecular weight excluding hydrogens is 262 g/mol. The molecule has 0 saturated heterocycles. The number of ether oxygens (including phenoxy) is 2. The monoisotopic (exact) mass is 283 g/mol. The van der Waals surface area contributed by atoms with Crippen molar-refractivity contribution in [1.29, 1.82) is 0 Å². The summed E-state index contributed by atoms with van der Waals surface area (Å²) in [4.78, 5) is 0. The Morgan fingerprint density at radius 1 is 1.37 bits per heavy atom. The Hall–Kier alpha value is -1.03. The fraction of sp³-hybridized carbons (Fsp3) is 0.467. The molecule has 3 nitrogen and oxygen atoms in total. The van der Waals surface area contributed by atoms with E-state index in [2.05, 4.69) is 5.32 Å². The molecule has 0 aliphatic heterocycles. The zero-order valence-electron chi connectivity index (χ0n) is 11.8. The first kappa shape index (κ1) is 16.0. The Labute approximate surface area is 120 Å². The van der Waals surface area contributed by atoms with Crippen LogP contribution in [0.2, 0.25) is 5.02 Å². The molecule has 0 saturated carbocycles. The first-order valence-electron chi connectivity index (χ1n) is 6.37. The molecule has 1 aromatic carbocycles. The van der Waals surface area contributed by atoms with Gasteiger partial charge in [0.2, 0.25) is 0 Å². The third-order valence-electron chi connectivity index (χ3n) is 2.54. The van der Waals surface area contributed by atoms with Crippen molar-refractivity contribution in [2.45, 2.75) is 20.4 Å². The highest BCUT2D eigenvalue weighted by Gasteiger charge is 2.02. The zero-order valence-corrected chi connectivity index (χ0v) is 12.6. The molecule has 0 spiro atoms. The molecule has 0 aliphatic rings. The van der Waals surface area contributed by atoms with Crippen LogP contribution in [0.4, 0.5) is 0 Å². The maximum Gasteiger partial charge on any atom is 0.138 e. The van der Waals surface area contributed by atoms with Crippen molar-refractivity contribution in [2.75, 3.05) is 26.9 Å². The number of halogens is 1. The fourth-order valence-corrected chi connectivity index (χ4v) is 1.73. The summed E-state index contributed by atoms with van der Waals surface area (Å²) >= 11 is 6.19. The molecule has 1 rings (SSSR count). The van der Waals surface area contributed by atoms with E-state index in [0.29, 0.717) is 18.2 Å². The number of benzene rings is 1. The van der Waals surface area contributed by atoms with Gasteiger partial charge < -0.3 is 14.8 Å². The van der Waals surface area contributed by atoms with Crippen molar-refractivity contribution in [3.8, 4) is 5.75 Å². The van der Waals surface area contributed by atoms with Crippen LogP contribution in [0.5, 0.6) is 5.75 Å². The predicted octanol–water partition coefficient (Wildman–Crippen LogP) is 3.42. The van der Waals surface area contributed by atoms with E-state index in [1.165, 1.54) is 5.57 Å². The molecule has 1 N–H and O–H groups in total. The Bertz CT molecular complexity index is 415. The molecule has 106 valence electrons. The van der Waals surface area contributed by atoms with Crippen LogP contribution in [0, 0.1) is 0 Å². The lowest BCUT2D eigenvalue weighted by Crippen LogP contribution is -2.18. The van der Waals surface area contributed by atoms with Crippen LogP contribution in [-0.2, 0) is 11.3 Å². The van der Waals surface area contributed by atoms with Gasteiger partial charge in [0.25, 0.3) is 0 Å². The van der Waals surface area contributed by atoms with Crippen LogP contribution in [0.3, 0.4) is 0 Å². The molecule has 0 aromatic heterocycles. The van der Waals surface area contributed by atoms with Crippen molar-refractivity contribution >= 4 is 11.6 Å². The van der Waals surface area contributed by atoms with Crippen LogP contribution < -0.4 is 10.1 Å². The minimum Gasteiger partial charge on any atom is -0.488 e. The van der Waals surface area contributed by atoms with Crippen LogP contribution in [0.1, 0.15) is 19.4 Å². The number of methoxy groups -OCH3 is 1. The van der Waals surface area contributed by atoms with Crippen LogP contribution in [-0.4, -0.2) is 26.9 Å². The Morgan fingerprint density at radius 2 is 2.16 bits per heavy atom. The van der Waals surface area contributed by atoms with Crippen LogP contribution in [0.15, 0.2) is 29.8 Å². The van der Waals surface area contributed by atoms with E-state index in [1.54, 1.807) is 7.11 Å². The molecule has 0 unspecified atom stereocenters. The molecule has 4 heteroatoms. The van der Waals surface area contributed by atoms with Gasteiger partial charge >= 0.3 is 0 Å². The Balaban J connectivity index is 2.47. The quantitative estimate of drug-likeness (QED) is 0.586. The van der Waals surface area contributed by atoms with E-state index in [9.17, 15) is 0 Å². The third kappa shape index (κ3) is 6.62. The van der Waals surface area contributed by atoms with E-state index >= 15 is 0 Å².